The topological polar surface area (TPSA) is 51.8 Å². The first kappa shape index (κ1) is 9.13. The first-order chi connectivity index (χ1) is 5.63. The number of aryl methyl sites for hydroxylation is 1. The third kappa shape index (κ3) is 2.01. The number of aromatic nitrogens is 2. The number of hydrogen-bond donors (Lipinski definition) is 1. The Hall–Kier alpha value is -0.960. The monoisotopic (exact) mass is 165 g/mol. The van der Waals surface area contributed by atoms with E-state index in [0.29, 0.717) is 12.5 Å². The van der Waals surface area contributed by atoms with E-state index in [1.807, 2.05) is 13.0 Å². The predicted octanol–water partition coefficient (Wildman–Crippen LogP) is 1.37. The number of nitrogens with zero attached hydrogens (tertiary/aromatic N) is 2. The molecule has 3 heteroatoms. The Kier molecular flexibility index (Phi) is 2.76. The van der Waals surface area contributed by atoms with Gasteiger partial charge in [-0.1, -0.05) is 13.8 Å². The van der Waals surface area contributed by atoms with Crippen LogP contribution in [-0.4, -0.2) is 9.97 Å². The lowest BCUT2D eigenvalue weighted by molar-refractivity contribution is 0.785. The highest BCUT2D eigenvalue weighted by Crippen LogP contribution is 2.11. The van der Waals surface area contributed by atoms with Crippen molar-refractivity contribution in [2.75, 3.05) is 0 Å². The highest BCUT2D eigenvalue weighted by atomic mass is 14.9. The van der Waals surface area contributed by atoms with Crippen LogP contribution in [0.25, 0.3) is 0 Å². The van der Waals surface area contributed by atoms with Gasteiger partial charge in [0.25, 0.3) is 0 Å². The van der Waals surface area contributed by atoms with E-state index in [1.54, 1.807) is 0 Å². The standard InChI is InChI=1S/C9H15N3/c1-6(2)9-4-8(5-10)11-7(3)12-9/h4,6H,5,10H2,1-3H3. The molecule has 3 nitrogen and oxygen atoms in total. The maximum Gasteiger partial charge on any atom is 0.125 e. The number of rotatable bonds is 2. The Morgan fingerprint density at radius 1 is 1.42 bits per heavy atom. The molecule has 0 spiro atoms. The minimum atomic E-state index is 0.442. The van der Waals surface area contributed by atoms with Crippen LogP contribution in [0.5, 0.6) is 0 Å². The molecule has 0 bridgehead atoms. The summed E-state index contributed by atoms with van der Waals surface area (Å²) in [7, 11) is 0. The van der Waals surface area contributed by atoms with E-state index >= 15 is 0 Å². The summed E-state index contributed by atoms with van der Waals surface area (Å²) < 4.78 is 0. The largest absolute Gasteiger partial charge is 0.325 e. The van der Waals surface area contributed by atoms with Crippen LogP contribution in [0.2, 0.25) is 0 Å². The van der Waals surface area contributed by atoms with Crippen molar-refractivity contribution in [3.05, 3.63) is 23.3 Å². The Morgan fingerprint density at radius 3 is 2.58 bits per heavy atom. The van der Waals surface area contributed by atoms with Crippen LogP contribution >= 0.6 is 0 Å². The van der Waals surface area contributed by atoms with Crippen molar-refractivity contribution < 1.29 is 0 Å². The molecule has 0 aliphatic rings. The molecule has 66 valence electrons. The Morgan fingerprint density at radius 2 is 2.08 bits per heavy atom. The molecular formula is C9H15N3. The minimum Gasteiger partial charge on any atom is -0.325 e. The second kappa shape index (κ2) is 3.63. The van der Waals surface area contributed by atoms with E-state index in [1.165, 1.54) is 0 Å². The van der Waals surface area contributed by atoms with Gasteiger partial charge in [-0.3, -0.25) is 0 Å². The van der Waals surface area contributed by atoms with Gasteiger partial charge < -0.3 is 5.73 Å². The Balaban J connectivity index is 3.06. The molecule has 0 radical (unpaired) electrons. The molecule has 0 aliphatic carbocycles. The summed E-state index contributed by atoms with van der Waals surface area (Å²) in [6.07, 6.45) is 0. The molecule has 1 aromatic heterocycles. The molecule has 0 saturated heterocycles. The van der Waals surface area contributed by atoms with E-state index in [-0.39, 0.29) is 0 Å². The molecule has 0 fully saturated rings. The van der Waals surface area contributed by atoms with Crippen LogP contribution in [0.4, 0.5) is 0 Å². The van der Waals surface area contributed by atoms with Crippen LogP contribution in [0.3, 0.4) is 0 Å². The van der Waals surface area contributed by atoms with Crippen molar-refractivity contribution in [3.63, 3.8) is 0 Å². The quantitative estimate of drug-likeness (QED) is 0.720. The highest BCUT2D eigenvalue weighted by molar-refractivity contribution is 5.13. The summed E-state index contributed by atoms with van der Waals surface area (Å²) in [6, 6.07) is 1.97. The van der Waals surface area contributed by atoms with Gasteiger partial charge in [-0.25, -0.2) is 9.97 Å². The van der Waals surface area contributed by atoms with E-state index in [0.717, 1.165) is 17.2 Å². The highest BCUT2D eigenvalue weighted by Gasteiger charge is 2.03. The van der Waals surface area contributed by atoms with Gasteiger partial charge in [0.2, 0.25) is 0 Å². The third-order valence-electron chi connectivity index (χ3n) is 1.71. The van der Waals surface area contributed by atoms with Gasteiger partial charge in [-0.05, 0) is 18.9 Å². The lowest BCUT2D eigenvalue weighted by atomic mass is 10.1. The van der Waals surface area contributed by atoms with Crippen molar-refractivity contribution >= 4 is 0 Å². The molecule has 0 amide bonds. The molecule has 1 aromatic rings. The summed E-state index contributed by atoms with van der Waals surface area (Å²) in [5.74, 6) is 1.25. The second-order valence-corrected chi connectivity index (χ2v) is 3.19. The molecule has 0 saturated carbocycles. The van der Waals surface area contributed by atoms with Crippen LogP contribution in [0, 0.1) is 6.92 Å². The van der Waals surface area contributed by atoms with Gasteiger partial charge >= 0.3 is 0 Å². The number of nitrogens with two attached hydrogens (primary N) is 1. The van der Waals surface area contributed by atoms with Crippen molar-refractivity contribution in [2.24, 2.45) is 5.73 Å². The van der Waals surface area contributed by atoms with Gasteiger partial charge in [-0.2, -0.15) is 0 Å². The molecule has 1 rings (SSSR count). The summed E-state index contributed by atoms with van der Waals surface area (Å²) >= 11 is 0. The van der Waals surface area contributed by atoms with Gasteiger partial charge in [-0.15, -0.1) is 0 Å². The lowest BCUT2D eigenvalue weighted by Gasteiger charge is -2.06. The van der Waals surface area contributed by atoms with Gasteiger partial charge in [0.15, 0.2) is 0 Å². The molecule has 0 aromatic carbocycles. The molecule has 0 unspecified atom stereocenters. The fourth-order valence-electron chi connectivity index (χ4n) is 1.06. The van der Waals surface area contributed by atoms with Crippen molar-refractivity contribution in [1.82, 2.24) is 9.97 Å². The maximum absolute atomic E-state index is 5.50. The Bertz CT molecular complexity index is 268. The fraction of sp³-hybridized carbons (Fsp3) is 0.556. The second-order valence-electron chi connectivity index (χ2n) is 3.19. The average Bonchev–Trinajstić information content (AvgIpc) is 2.03. The van der Waals surface area contributed by atoms with E-state index in [2.05, 4.69) is 23.8 Å². The van der Waals surface area contributed by atoms with Gasteiger partial charge in [0.05, 0.1) is 5.69 Å². The van der Waals surface area contributed by atoms with E-state index in [4.69, 9.17) is 5.73 Å². The maximum atomic E-state index is 5.50. The fourth-order valence-corrected chi connectivity index (χ4v) is 1.06. The van der Waals surface area contributed by atoms with E-state index < -0.39 is 0 Å². The minimum absolute atomic E-state index is 0.442. The smallest absolute Gasteiger partial charge is 0.125 e. The molecule has 0 aliphatic heterocycles. The first-order valence-corrected chi connectivity index (χ1v) is 4.18. The predicted molar refractivity (Wildman–Crippen MR) is 48.7 cm³/mol. The summed E-state index contributed by atoms with van der Waals surface area (Å²) in [4.78, 5) is 8.51. The molecule has 0 atom stereocenters. The van der Waals surface area contributed by atoms with Gasteiger partial charge in [0.1, 0.15) is 5.82 Å². The Labute approximate surface area is 73.0 Å². The van der Waals surface area contributed by atoms with Crippen LogP contribution in [0.1, 0.15) is 37.0 Å². The lowest BCUT2D eigenvalue weighted by Crippen LogP contribution is -2.05. The number of hydrogen-bond acceptors (Lipinski definition) is 3. The van der Waals surface area contributed by atoms with Crippen LogP contribution in [0.15, 0.2) is 6.07 Å². The normalized spacial score (nSPS) is 10.8. The molecule has 12 heavy (non-hydrogen) atoms. The SMILES string of the molecule is Cc1nc(CN)cc(C(C)C)n1. The summed E-state index contributed by atoms with van der Waals surface area (Å²) in [6.45, 7) is 6.61. The summed E-state index contributed by atoms with van der Waals surface area (Å²) in [5, 5.41) is 0. The molecule has 1 heterocycles. The zero-order chi connectivity index (χ0) is 9.14. The van der Waals surface area contributed by atoms with Crippen molar-refractivity contribution in [1.29, 1.82) is 0 Å². The average molecular weight is 165 g/mol. The summed E-state index contributed by atoms with van der Waals surface area (Å²) in [5.41, 5.74) is 7.49. The third-order valence-corrected chi connectivity index (χ3v) is 1.71. The molecule has 2 N–H and O–H groups in total. The van der Waals surface area contributed by atoms with Crippen molar-refractivity contribution in [2.45, 2.75) is 33.2 Å². The zero-order valence-electron chi connectivity index (χ0n) is 7.83. The van der Waals surface area contributed by atoms with Crippen LogP contribution in [-0.2, 0) is 6.54 Å². The van der Waals surface area contributed by atoms with Gasteiger partial charge in [0, 0.05) is 12.2 Å². The molecular weight excluding hydrogens is 150 g/mol. The van der Waals surface area contributed by atoms with E-state index in [9.17, 15) is 0 Å². The van der Waals surface area contributed by atoms with Crippen molar-refractivity contribution in [3.8, 4) is 0 Å². The van der Waals surface area contributed by atoms with Crippen LogP contribution < -0.4 is 5.73 Å². The zero-order valence-corrected chi connectivity index (χ0v) is 7.83. The first-order valence-electron chi connectivity index (χ1n) is 4.18.